The van der Waals surface area contributed by atoms with Gasteiger partial charge in [0.2, 0.25) is 5.91 Å². The molecule has 24 heavy (non-hydrogen) atoms. The lowest BCUT2D eigenvalue weighted by Gasteiger charge is -2.14. The molecule has 0 bridgehead atoms. The van der Waals surface area contributed by atoms with Gasteiger partial charge in [0.1, 0.15) is 5.75 Å². The molecule has 7 heteroatoms. The average molecular weight is 367 g/mol. The van der Waals surface area contributed by atoms with Crippen molar-refractivity contribution in [3.05, 3.63) is 46.8 Å². The number of para-hydroxylation sites is 1. The number of thiophene rings is 1. The molecule has 1 aromatic heterocycles. The Balaban J connectivity index is 2.22. The van der Waals surface area contributed by atoms with Gasteiger partial charge in [-0.25, -0.2) is 0 Å². The van der Waals surface area contributed by atoms with Crippen molar-refractivity contribution in [2.45, 2.75) is 43.9 Å². The van der Waals surface area contributed by atoms with E-state index < -0.39 is 10.1 Å². The smallest absolute Gasteiger partial charge is 0.348 e. The number of benzene rings is 1. The summed E-state index contributed by atoms with van der Waals surface area (Å²) < 4.78 is 30.5. The van der Waals surface area contributed by atoms with Crippen molar-refractivity contribution in [2.75, 3.05) is 0 Å². The highest BCUT2D eigenvalue weighted by Gasteiger charge is 2.22. The van der Waals surface area contributed by atoms with Crippen LogP contribution >= 0.6 is 11.3 Å². The molecule has 0 spiro atoms. The van der Waals surface area contributed by atoms with Crippen LogP contribution < -0.4 is 9.50 Å². The molecule has 2 aromatic rings. The molecule has 0 aliphatic carbocycles. The zero-order valence-corrected chi connectivity index (χ0v) is 15.5. The van der Waals surface area contributed by atoms with Crippen LogP contribution in [0.5, 0.6) is 5.75 Å². The standard InChI is InChI=1S/C17H21NO4S2/c1-4-12(2)15-7-5-6-8-16(15)22-24(20,21)17-10-9-14(23-17)11-18-13(3)19/h5-10,12H,4,11H2,1-3H3,(H,18,19). The minimum atomic E-state index is -3.89. The first-order valence-electron chi connectivity index (χ1n) is 7.70. The lowest BCUT2D eigenvalue weighted by molar-refractivity contribution is -0.119. The van der Waals surface area contributed by atoms with E-state index in [1.54, 1.807) is 18.2 Å². The number of hydrogen-bond donors (Lipinski definition) is 1. The fourth-order valence-electron chi connectivity index (χ4n) is 2.14. The Morgan fingerprint density at radius 1 is 1.25 bits per heavy atom. The first-order valence-corrected chi connectivity index (χ1v) is 9.92. The van der Waals surface area contributed by atoms with Gasteiger partial charge in [0.05, 0.1) is 6.54 Å². The molecular weight excluding hydrogens is 346 g/mol. The van der Waals surface area contributed by atoms with Crippen LogP contribution in [0.2, 0.25) is 0 Å². The van der Waals surface area contributed by atoms with Crippen molar-refractivity contribution in [3.8, 4) is 5.75 Å². The van der Waals surface area contributed by atoms with E-state index in [0.29, 0.717) is 12.3 Å². The van der Waals surface area contributed by atoms with Crippen molar-refractivity contribution >= 4 is 27.4 Å². The van der Waals surface area contributed by atoms with Crippen LogP contribution in [0.15, 0.2) is 40.6 Å². The minimum Gasteiger partial charge on any atom is -0.378 e. The second kappa shape index (κ2) is 7.81. The highest BCUT2D eigenvalue weighted by Crippen LogP contribution is 2.32. The van der Waals surface area contributed by atoms with Gasteiger partial charge in [0.15, 0.2) is 4.21 Å². The third-order valence-electron chi connectivity index (χ3n) is 3.66. The SMILES string of the molecule is CCC(C)c1ccccc1OS(=O)(=O)c1ccc(CNC(C)=O)s1. The van der Waals surface area contributed by atoms with Crippen LogP contribution in [0.1, 0.15) is 43.6 Å². The molecule has 1 N–H and O–H groups in total. The van der Waals surface area contributed by atoms with Crippen LogP contribution in [0.3, 0.4) is 0 Å². The van der Waals surface area contributed by atoms with Crippen LogP contribution in [-0.2, 0) is 21.5 Å². The fraction of sp³-hybridized carbons (Fsp3) is 0.353. The zero-order chi connectivity index (χ0) is 17.7. The van der Waals surface area contributed by atoms with Crippen molar-refractivity contribution in [3.63, 3.8) is 0 Å². The largest absolute Gasteiger partial charge is 0.378 e. The van der Waals surface area contributed by atoms with Crippen molar-refractivity contribution in [2.24, 2.45) is 0 Å². The Labute approximate surface area is 146 Å². The van der Waals surface area contributed by atoms with Crippen molar-refractivity contribution in [1.29, 1.82) is 0 Å². The van der Waals surface area contributed by atoms with E-state index in [-0.39, 0.29) is 16.0 Å². The molecule has 2 rings (SSSR count). The van der Waals surface area contributed by atoms with E-state index in [0.717, 1.165) is 28.2 Å². The molecule has 0 fully saturated rings. The second-order valence-electron chi connectivity index (χ2n) is 5.52. The molecule has 130 valence electrons. The summed E-state index contributed by atoms with van der Waals surface area (Å²) in [5.41, 5.74) is 0.874. The third-order valence-corrected chi connectivity index (χ3v) is 6.43. The van der Waals surface area contributed by atoms with Gasteiger partial charge in [-0.15, -0.1) is 11.3 Å². The van der Waals surface area contributed by atoms with Crippen LogP contribution in [-0.4, -0.2) is 14.3 Å². The summed E-state index contributed by atoms with van der Waals surface area (Å²) in [6.45, 7) is 5.80. The predicted octanol–water partition coefficient (Wildman–Crippen LogP) is 3.67. The molecule has 1 atom stereocenters. The molecule has 1 aromatic carbocycles. The summed E-state index contributed by atoms with van der Waals surface area (Å²) in [4.78, 5) is 11.7. The maximum absolute atomic E-state index is 12.5. The lowest BCUT2D eigenvalue weighted by Crippen LogP contribution is -2.18. The molecule has 0 aliphatic heterocycles. The summed E-state index contributed by atoms with van der Waals surface area (Å²) in [6.07, 6.45) is 0.889. The number of carbonyl (C=O) groups is 1. The fourth-order valence-corrected chi connectivity index (χ4v) is 4.35. The molecule has 5 nitrogen and oxygen atoms in total. The van der Waals surface area contributed by atoms with E-state index in [1.165, 1.54) is 13.0 Å². The number of hydrogen-bond acceptors (Lipinski definition) is 5. The van der Waals surface area contributed by atoms with E-state index >= 15 is 0 Å². The molecule has 1 heterocycles. The summed E-state index contributed by atoms with van der Waals surface area (Å²) >= 11 is 1.09. The minimum absolute atomic E-state index is 0.127. The summed E-state index contributed by atoms with van der Waals surface area (Å²) in [6, 6.07) is 10.4. The highest BCUT2D eigenvalue weighted by atomic mass is 32.3. The average Bonchev–Trinajstić information content (AvgIpc) is 3.02. The number of rotatable bonds is 7. The maximum Gasteiger partial charge on any atom is 0.348 e. The molecular formula is C17H21NO4S2. The van der Waals surface area contributed by atoms with Gasteiger partial charge in [-0.3, -0.25) is 4.79 Å². The normalized spacial score (nSPS) is 12.6. The lowest BCUT2D eigenvalue weighted by atomic mass is 9.98. The highest BCUT2D eigenvalue weighted by molar-refractivity contribution is 7.89. The Hall–Kier alpha value is -1.86. The van der Waals surface area contributed by atoms with E-state index in [9.17, 15) is 13.2 Å². The van der Waals surface area contributed by atoms with E-state index in [1.807, 2.05) is 26.0 Å². The molecule has 0 saturated carbocycles. The Bertz CT molecular complexity index is 812. The van der Waals surface area contributed by atoms with Crippen LogP contribution in [0, 0.1) is 0 Å². The van der Waals surface area contributed by atoms with Gasteiger partial charge >= 0.3 is 10.1 Å². The summed E-state index contributed by atoms with van der Waals surface area (Å²) in [5, 5.41) is 2.64. The van der Waals surface area contributed by atoms with Gasteiger partial charge in [-0.2, -0.15) is 8.42 Å². The number of amides is 1. The van der Waals surface area contributed by atoms with Crippen LogP contribution in [0.25, 0.3) is 0 Å². The van der Waals surface area contributed by atoms with Gasteiger partial charge in [-0.05, 0) is 36.1 Å². The Kier molecular flexibility index (Phi) is 6.01. The van der Waals surface area contributed by atoms with E-state index in [4.69, 9.17) is 4.18 Å². The maximum atomic E-state index is 12.5. The molecule has 1 unspecified atom stereocenters. The first-order chi connectivity index (χ1) is 11.3. The summed E-state index contributed by atoms with van der Waals surface area (Å²) in [5.74, 6) is 0.408. The Morgan fingerprint density at radius 3 is 2.62 bits per heavy atom. The molecule has 0 saturated heterocycles. The Morgan fingerprint density at radius 2 is 1.96 bits per heavy atom. The third kappa shape index (κ3) is 4.58. The van der Waals surface area contributed by atoms with E-state index in [2.05, 4.69) is 5.32 Å². The quantitative estimate of drug-likeness (QED) is 0.758. The van der Waals surface area contributed by atoms with Gasteiger partial charge < -0.3 is 9.50 Å². The molecule has 0 aliphatic rings. The number of carbonyl (C=O) groups excluding carboxylic acids is 1. The predicted molar refractivity (Wildman–Crippen MR) is 94.8 cm³/mol. The van der Waals surface area contributed by atoms with Gasteiger partial charge in [0, 0.05) is 11.8 Å². The first kappa shape index (κ1) is 18.5. The monoisotopic (exact) mass is 367 g/mol. The number of nitrogens with one attached hydrogen (secondary N) is 1. The van der Waals surface area contributed by atoms with Crippen molar-refractivity contribution in [1.82, 2.24) is 5.32 Å². The summed E-state index contributed by atoms with van der Waals surface area (Å²) in [7, 11) is -3.89. The topological polar surface area (TPSA) is 72.5 Å². The van der Waals surface area contributed by atoms with Crippen molar-refractivity contribution < 1.29 is 17.4 Å². The zero-order valence-electron chi connectivity index (χ0n) is 13.9. The second-order valence-corrected chi connectivity index (χ2v) is 8.46. The molecule has 1 amide bonds. The molecule has 0 radical (unpaired) electrons. The van der Waals surface area contributed by atoms with Gasteiger partial charge in [-0.1, -0.05) is 32.0 Å². The van der Waals surface area contributed by atoms with Gasteiger partial charge in [0.25, 0.3) is 0 Å². The van der Waals surface area contributed by atoms with Crippen LogP contribution in [0.4, 0.5) is 0 Å².